The standard InChI is InChI=1S/C19H18FN7O2/c1-11(28)24-12-6-8-13(9-7-12)25-17-16(21)18(23-10-22-17)26-27-19(29)14-4-2-3-5-15(14)20/h2-10H,21H2,1H3,(H,24,28)(H,27,29)(H2,22,23,25,26). The number of hydrogen-bond donors (Lipinski definition) is 5. The predicted molar refractivity (Wildman–Crippen MR) is 108 cm³/mol. The van der Waals surface area contributed by atoms with Gasteiger partial charge in [-0.2, -0.15) is 0 Å². The van der Waals surface area contributed by atoms with Gasteiger partial charge in [-0.3, -0.25) is 20.4 Å². The Bertz CT molecular complexity index is 1040. The van der Waals surface area contributed by atoms with Gasteiger partial charge >= 0.3 is 0 Å². The molecule has 0 spiro atoms. The third kappa shape index (κ3) is 4.95. The fourth-order valence-electron chi connectivity index (χ4n) is 2.40. The first-order valence-electron chi connectivity index (χ1n) is 8.50. The molecule has 0 bridgehead atoms. The maximum Gasteiger partial charge on any atom is 0.272 e. The van der Waals surface area contributed by atoms with Crippen LogP contribution in [0.2, 0.25) is 0 Å². The van der Waals surface area contributed by atoms with Gasteiger partial charge in [0.1, 0.15) is 17.8 Å². The number of hydrogen-bond acceptors (Lipinski definition) is 7. The average Bonchev–Trinajstić information content (AvgIpc) is 2.70. The molecule has 2 aromatic carbocycles. The number of nitrogen functional groups attached to an aromatic ring is 1. The summed E-state index contributed by atoms with van der Waals surface area (Å²) in [6.07, 6.45) is 1.25. The van der Waals surface area contributed by atoms with Crippen molar-refractivity contribution in [3.05, 3.63) is 66.2 Å². The van der Waals surface area contributed by atoms with E-state index in [2.05, 4.69) is 31.5 Å². The highest BCUT2D eigenvalue weighted by Gasteiger charge is 2.13. The van der Waals surface area contributed by atoms with Crippen molar-refractivity contribution >= 4 is 40.5 Å². The van der Waals surface area contributed by atoms with Crippen molar-refractivity contribution < 1.29 is 14.0 Å². The minimum absolute atomic E-state index is 0.120. The summed E-state index contributed by atoms with van der Waals surface area (Å²) in [5, 5.41) is 5.69. The molecule has 6 N–H and O–H groups in total. The second kappa shape index (κ2) is 8.65. The Labute approximate surface area is 165 Å². The van der Waals surface area contributed by atoms with Gasteiger partial charge in [0.05, 0.1) is 5.56 Å². The van der Waals surface area contributed by atoms with Crippen LogP contribution in [-0.2, 0) is 4.79 Å². The third-order valence-electron chi connectivity index (χ3n) is 3.76. The minimum Gasteiger partial charge on any atom is -0.393 e. The molecule has 0 unspecified atom stereocenters. The predicted octanol–water partition coefficient (Wildman–Crippen LogP) is 2.66. The second-order valence-corrected chi connectivity index (χ2v) is 5.93. The summed E-state index contributed by atoms with van der Waals surface area (Å²) in [5.41, 5.74) is 12.3. The number of carbonyl (C=O) groups is 2. The van der Waals surface area contributed by atoms with Gasteiger partial charge in [-0.1, -0.05) is 12.1 Å². The molecular weight excluding hydrogens is 377 g/mol. The molecule has 0 fully saturated rings. The highest BCUT2D eigenvalue weighted by atomic mass is 19.1. The molecule has 10 heteroatoms. The van der Waals surface area contributed by atoms with Crippen LogP contribution >= 0.6 is 0 Å². The van der Waals surface area contributed by atoms with Crippen molar-refractivity contribution in [2.24, 2.45) is 0 Å². The van der Waals surface area contributed by atoms with E-state index in [4.69, 9.17) is 5.73 Å². The molecule has 3 aromatic rings. The summed E-state index contributed by atoms with van der Waals surface area (Å²) in [6.45, 7) is 1.42. The van der Waals surface area contributed by atoms with Gasteiger partial charge < -0.3 is 16.4 Å². The number of nitrogens with one attached hydrogen (secondary N) is 4. The van der Waals surface area contributed by atoms with E-state index >= 15 is 0 Å². The van der Waals surface area contributed by atoms with Crippen molar-refractivity contribution in [1.82, 2.24) is 15.4 Å². The quantitative estimate of drug-likeness (QED) is 0.405. The van der Waals surface area contributed by atoms with Crippen LogP contribution in [0.5, 0.6) is 0 Å². The van der Waals surface area contributed by atoms with Crippen LogP contribution in [0, 0.1) is 5.82 Å². The Morgan fingerprint density at radius 1 is 0.966 bits per heavy atom. The normalized spacial score (nSPS) is 10.1. The average molecular weight is 395 g/mol. The van der Waals surface area contributed by atoms with Crippen LogP contribution in [0.15, 0.2) is 54.9 Å². The molecule has 148 valence electrons. The van der Waals surface area contributed by atoms with E-state index in [1.54, 1.807) is 30.3 Å². The number of rotatable bonds is 6. The van der Waals surface area contributed by atoms with Crippen molar-refractivity contribution in [1.29, 1.82) is 0 Å². The Morgan fingerprint density at radius 2 is 1.62 bits per heavy atom. The maximum absolute atomic E-state index is 13.7. The number of nitrogens with two attached hydrogens (primary N) is 1. The van der Waals surface area contributed by atoms with Crippen LogP contribution in [0.3, 0.4) is 0 Å². The molecule has 1 aromatic heterocycles. The molecule has 1 heterocycles. The summed E-state index contributed by atoms with van der Waals surface area (Å²) >= 11 is 0. The molecule has 29 heavy (non-hydrogen) atoms. The number of nitrogens with zero attached hydrogens (tertiary/aromatic N) is 2. The van der Waals surface area contributed by atoms with E-state index in [1.165, 1.54) is 31.5 Å². The van der Waals surface area contributed by atoms with Crippen molar-refractivity contribution in [2.45, 2.75) is 6.92 Å². The first-order chi connectivity index (χ1) is 13.9. The smallest absolute Gasteiger partial charge is 0.272 e. The number of halogens is 1. The van der Waals surface area contributed by atoms with Gasteiger partial charge in [-0.25, -0.2) is 14.4 Å². The molecule has 0 saturated carbocycles. The summed E-state index contributed by atoms with van der Waals surface area (Å²) in [4.78, 5) is 31.2. The molecule has 0 radical (unpaired) electrons. The fourth-order valence-corrected chi connectivity index (χ4v) is 2.40. The number of benzene rings is 2. The molecule has 2 amide bonds. The molecule has 0 aliphatic carbocycles. The zero-order chi connectivity index (χ0) is 20.8. The number of anilines is 5. The minimum atomic E-state index is -0.677. The number of aromatic nitrogens is 2. The maximum atomic E-state index is 13.7. The molecule has 0 aliphatic heterocycles. The first-order valence-corrected chi connectivity index (χ1v) is 8.50. The zero-order valence-corrected chi connectivity index (χ0v) is 15.4. The number of hydrazine groups is 1. The lowest BCUT2D eigenvalue weighted by atomic mass is 10.2. The van der Waals surface area contributed by atoms with Crippen molar-refractivity contribution in [2.75, 3.05) is 21.8 Å². The fraction of sp³-hybridized carbons (Fsp3) is 0.0526. The Morgan fingerprint density at radius 3 is 2.31 bits per heavy atom. The first kappa shape index (κ1) is 19.5. The topological polar surface area (TPSA) is 134 Å². The molecule has 0 saturated heterocycles. The van der Waals surface area contributed by atoms with E-state index in [0.717, 1.165) is 0 Å². The van der Waals surface area contributed by atoms with Crippen LogP contribution < -0.4 is 27.2 Å². The lowest BCUT2D eigenvalue weighted by Gasteiger charge is -2.13. The highest BCUT2D eigenvalue weighted by Crippen LogP contribution is 2.26. The zero-order valence-electron chi connectivity index (χ0n) is 15.4. The summed E-state index contributed by atoms with van der Waals surface area (Å²) < 4.78 is 13.7. The molecule has 9 nitrogen and oxygen atoms in total. The SMILES string of the molecule is CC(=O)Nc1ccc(Nc2ncnc(NNC(=O)c3ccccc3F)c2N)cc1. The van der Waals surface area contributed by atoms with Gasteiger partial charge in [0.2, 0.25) is 5.91 Å². The Hall–Kier alpha value is -4.21. The highest BCUT2D eigenvalue weighted by molar-refractivity contribution is 5.95. The monoisotopic (exact) mass is 395 g/mol. The lowest BCUT2D eigenvalue weighted by Crippen LogP contribution is -2.31. The van der Waals surface area contributed by atoms with Gasteiger partial charge in [0, 0.05) is 18.3 Å². The molecule has 0 aliphatic rings. The number of carbonyl (C=O) groups excluding carboxylic acids is 2. The molecular formula is C19H18FN7O2. The van der Waals surface area contributed by atoms with Crippen molar-refractivity contribution in [3.8, 4) is 0 Å². The van der Waals surface area contributed by atoms with Crippen LogP contribution in [-0.4, -0.2) is 21.8 Å². The Kier molecular flexibility index (Phi) is 5.83. The Balaban J connectivity index is 1.68. The van der Waals surface area contributed by atoms with Crippen LogP contribution in [0.25, 0.3) is 0 Å². The van der Waals surface area contributed by atoms with E-state index in [0.29, 0.717) is 17.2 Å². The summed E-state index contributed by atoms with van der Waals surface area (Å²) in [6, 6.07) is 12.5. The van der Waals surface area contributed by atoms with Crippen molar-refractivity contribution in [3.63, 3.8) is 0 Å². The largest absolute Gasteiger partial charge is 0.393 e. The van der Waals surface area contributed by atoms with Gasteiger partial charge in [-0.15, -0.1) is 0 Å². The van der Waals surface area contributed by atoms with Gasteiger partial charge in [0.15, 0.2) is 11.6 Å². The van der Waals surface area contributed by atoms with Crippen LogP contribution in [0.1, 0.15) is 17.3 Å². The molecule has 3 rings (SSSR count). The number of amides is 2. The molecule has 0 atom stereocenters. The third-order valence-corrected chi connectivity index (χ3v) is 3.76. The van der Waals surface area contributed by atoms with Crippen LogP contribution in [0.4, 0.5) is 33.1 Å². The van der Waals surface area contributed by atoms with Gasteiger partial charge in [-0.05, 0) is 36.4 Å². The second-order valence-electron chi connectivity index (χ2n) is 5.93. The van der Waals surface area contributed by atoms with E-state index in [1.807, 2.05) is 0 Å². The lowest BCUT2D eigenvalue weighted by molar-refractivity contribution is -0.114. The summed E-state index contributed by atoms with van der Waals surface area (Å²) in [5.74, 6) is -1.05. The van der Waals surface area contributed by atoms with E-state index in [9.17, 15) is 14.0 Å². The van der Waals surface area contributed by atoms with E-state index in [-0.39, 0.29) is 23.0 Å². The van der Waals surface area contributed by atoms with Gasteiger partial charge in [0.25, 0.3) is 5.91 Å². The van der Waals surface area contributed by atoms with E-state index < -0.39 is 11.7 Å². The summed E-state index contributed by atoms with van der Waals surface area (Å²) in [7, 11) is 0.